The minimum Gasteiger partial charge on any atom is -0.352 e. The van der Waals surface area contributed by atoms with Gasteiger partial charge in [-0.05, 0) is 41.9 Å². The third-order valence-electron chi connectivity index (χ3n) is 5.21. The summed E-state index contributed by atoms with van der Waals surface area (Å²) in [7, 11) is 0. The van der Waals surface area contributed by atoms with E-state index in [1.165, 1.54) is 5.56 Å². The maximum atomic E-state index is 12.5. The molecular weight excluding hydrogens is 326 g/mol. The van der Waals surface area contributed by atoms with Gasteiger partial charge in [0.05, 0.1) is 0 Å². The van der Waals surface area contributed by atoms with E-state index in [1.54, 1.807) is 0 Å². The van der Waals surface area contributed by atoms with Gasteiger partial charge in [0.15, 0.2) is 0 Å². The predicted molar refractivity (Wildman–Crippen MR) is 105 cm³/mol. The van der Waals surface area contributed by atoms with Gasteiger partial charge in [-0.3, -0.25) is 9.59 Å². The van der Waals surface area contributed by atoms with E-state index in [-0.39, 0.29) is 23.3 Å². The molecule has 0 aliphatic carbocycles. The third kappa shape index (κ3) is 5.31. The Balaban J connectivity index is 1.83. The first-order chi connectivity index (χ1) is 12.2. The lowest BCUT2D eigenvalue weighted by Gasteiger charge is -2.38. The van der Waals surface area contributed by atoms with Crippen molar-refractivity contribution in [3.05, 3.63) is 35.4 Å². The summed E-state index contributed by atoms with van der Waals surface area (Å²) in [6.07, 6.45) is 2.31. The molecule has 144 valence electrons. The van der Waals surface area contributed by atoms with Gasteiger partial charge in [0.1, 0.15) is 0 Å². The number of carbonyl (C=O) groups excluding carboxylic acids is 2. The van der Waals surface area contributed by atoms with Crippen LogP contribution in [0.4, 0.5) is 0 Å². The van der Waals surface area contributed by atoms with Crippen LogP contribution < -0.4 is 11.1 Å². The highest BCUT2D eigenvalue weighted by atomic mass is 16.2. The molecule has 26 heavy (non-hydrogen) atoms. The largest absolute Gasteiger partial charge is 0.352 e. The number of nitrogens with one attached hydrogen (secondary N) is 1. The average molecular weight is 360 g/mol. The molecule has 3 N–H and O–H groups in total. The molecule has 2 unspecified atom stereocenters. The average Bonchev–Trinajstić information content (AvgIpc) is 2.60. The second-order valence-corrected chi connectivity index (χ2v) is 8.44. The van der Waals surface area contributed by atoms with Crippen molar-refractivity contribution in [1.29, 1.82) is 0 Å². The van der Waals surface area contributed by atoms with Crippen LogP contribution in [0.25, 0.3) is 0 Å². The maximum Gasteiger partial charge on any atom is 0.251 e. The SMILES string of the molecule is CC1CCN(C(=O)CCNC(=O)c2ccc(C(C)(C)C)cc2)C(CN)C1. The minimum atomic E-state index is -0.138. The summed E-state index contributed by atoms with van der Waals surface area (Å²) in [5.41, 5.74) is 7.70. The van der Waals surface area contributed by atoms with Crippen molar-refractivity contribution in [3.8, 4) is 0 Å². The summed E-state index contributed by atoms with van der Waals surface area (Å²) < 4.78 is 0. The summed E-state index contributed by atoms with van der Waals surface area (Å²) in [5, 5.41) is 2.85. The van der Waals surface area contributed by atoms with E-state index in [1.807, 2.05) is 29.2 Å². The fourth-order valence-electron chi connectivity index (χ4n) is 3.45. The van der Waals surface area contributed by atoms with Crippen LogP contribution in [0, 0.1) is 5.92 Å². The van der Waals surface area contributed by atoms with Gasteiger partial charge in [-0.25, -0.2) is 0 Å². The van der Waals surface area contributed by atoms with Crippen LogP contribution in [0.3, 0.4) is 0 Å². The zero-order valence-corrected chi connectivity index (χ0v) is 16.5. The molecular formula is C21H33N3O2. The zero-order valence-electron chi connectivity index (χ0n) is 16.5. The van der Waals surface area contributed by atoms with Crippen LogP contribution in [-0.4, -0.2) is 42.4 Å². The number of hydrogen-bond donors (Lipinski definition) is 2. The summed E-state index contributed by atoms with van der Waals surface area (Å²) in [6.45, 7) is 10.3. The van der Waals surface area contributed by atoms with Crippen molar-refractivity contribution < 1.29 is 9.59 Å². The molecule has 0 aromatic heterocycles. The van der Waals surface area contributed by atoms with E-state index in [0.717, 1.165) is 19.4 Å². The predicted octanol–water partition coefficient (Wildman–Crippen LogP) is 2.69. The van der Waals surface area contributed by atoms with E-state index in [9.17, 15) is 9.59 Å². The normalized spacial score (nSPS) is 20.7. The Morgan fingerprint density at radius 1 is 1.23 bits per heavy atom. The first-order valence-corrected chi connectivity index (χ1v) is 9.60. The highest BCUT2D eigenvalue weighted by Crippen LogP contribution is 2.23. The highest BCUT2D eigenvalue weighted by molar-refractivity contribution is 5.94. The quantitative estimate of drug-likeness (QED) is 0.849. The van der Waals surface area contributed by atoms with Crippen LogP contribution in [-0.2, 0) is 10.2 Å². The number of amides is 2. The molecule has 1 aliphatic rings. The number of piperidine rings is 1. The number of nitrogens with zero attached hydrogens (tertiary/aromatic N) is 1. The van der Waals surface area contributed by atoms with Crippen molar-refractivity contribution >= 4 is 11.8 Å². The molecule has 2 amide bonds. The van der Waals surface area contributed by atoms with Crippen molar-refractivity contribution in [2.24, 2.45) is 11.7 Å². The number of rotatable bonds is 5. The molecule has 0 radical (unpaired) electrons. The number of carbonyl (C=O) groups is 2. The van der Waals surface area contributed by atoms with E-state index in [4.69, 9.17) is 5.73 Å². The Labute approximate surface area is 157 Å². The first kappa shape index (κ1) is 20.4. The molecule has 1 aromatic carbocycles. The smallest absolute Gasteiger partial charge is 0.251 e. The molecule has 1 heterocycles. The van der Waals surface area contributed by atoms with Crippen LogP contribution in [0.2, 0.25) is 0 Å². The van der Waals surface area contributed by atoms with Gasteiger partial charge in [-0.15, -0.1) is 0 Å². The minimum absolute atomic E-state index is 0.0624. The summed E-state index contributed by atoms with van der Waals surface area (Å²) >= 11 is 0. The third-order valence-corrected chi connectivity index (χ3v) is 5.21. The van der Waals surface area contributed by atoms with Crippen molar-refractivity contribution in [3.63, 3.8) is 0 Å². The summed E-state index contributed by atoms with van der Waals surface area (Å²) in [5.74, 6) is 0.556. The van der Waals surface area contributed by atoms with Crippen molar-refractivity contribution in [1.82, 2.24) is 10.2 Å². The number of nitrogens with two attached hydrogens (primary N) is 1. The second kappa shape index (κ2) is 8.67. The molecule has 1 saturated heterocycles. The molecule has 5 heteroatoms. The van der Waals surface area contributed by atoms with Crippen molar-refractivity contribution in [2.75, 3.05) is 19.6 Å². The van der Waals surface area contributed by atoms with Crippen LogP contribution in [0.15, 0.2) is 24.3 Å². The highest BCUT2D eigenvalue weighted by Gasteiger charge is 2.28. The molecule has 1 fully saturated rings. The standard InChI is InChI=1S/C21H33N3O2/c1-15-10-12-24(18(13-15)14-22)19(25)9-11-23-20(26)16-5-7-17(8-6-16)21(2,3)4/h5-8,15,18H,9-14,22H2,1-4H3,(H,23,26). The second-order valence-electron chi connectivity index (χ2n) is 8.44. The fourth-order valence-corrected chi connectivity index (χ4v) is 3.45. The molecule has 1 aliphatic heterocycles. The van der Waals surface area contributed by atoms with Crippen LogP contribution in [0.1, 0.15) is 62.9 Å². The lowest BCUT2D eigenvalue weighted by atomic mass is 9.87. The monoisotopic (exact) mass is 359 g/mol. The van der Waals surface area contributed by atoms with Gasteiger partial charge in [-0.1, -0.05) is 39.8 Å². The molecule has 0 spiro atoms. The Morgan fingerprint density at radius 2 is 1.88 bits per heavy atom. The van der Waals surface area contributed by atoms with E-state index < -0.39 is 0 Å². The Bertz CT molecular complexity index is 619. The van der Waals surface area contributed by atoms with Crippen molar-refractivity contribution in [2.45, 2.75) is 58.4 Å². The van der Waals surface area contributed by atoms with E-state index in [0.29, 0.717) is 31.0 Å². The number of hydrogen-bond acceptors (Lipinski definition) is 3. The van der Waals surface area contributed by atoms with E-state index in [2.05, 4.69) is 33.0 Å². The van der Waals surface area contributed by atoms with Gasteiger partial charge in [0.2, 0.25) is 5.91 Å². The van der Waals surface area contributed by atoms with E-state index >= 15 is 0 Å². The molecule has 5 nitrogen and oxygen atoms in total. The molecule has 1 aromatic rings. The van der Waals surface area contributed by atoms with Gasteiger partial charge >= 0.3 is 0 Å². The number of likely N-dealkylation sites (tertiary alicyclic amines) is 1. The van der Waals surface area contributed by atoms with Gasteiger partial charge in [-0.2, -0.15) is 0 Å². The van der Waals surface area contributed by atoms with Crippen LogP contribution >= 0.6 is 0 Å². The van der Waals surface area contributed by atoms with Gasteiger partial charge in [0.25, 0.3) is 5.91 Å². The Morgan fingerprint density at radius 3 is 2.46 bits per heavy atom. The lowest BCUT2D eigenvalue weighted by molar-refractivity contribution is -0.135. The van der Waals surface area contributed by atoms with Gasteiger partial charge < -0.3 is 16.0 Å². The number of benzene rings is 1. The first-order valence-electron chi connectivity index (χ1n) is 9.60. The molecule has 0 saturated carbocycles. The van der Waals surface area contributed by atoms with Gasteiger partial charge in [0, 0.05) is 37.7 Å². The Kier molecular flexibility index (Phi) is 6.81. The topological polar surface area (TPSA) is 75.4 Å². The fraction of sp³-hybridized carbons (Fsp3) is 0.619. The Hall–Kier alpha value is -1.88. The zero-order chi connectivity index (χ0) is 19.3. The molecule has 2 atom stereocenters. The molecule has 0 bridgehead atoms. The maximum absolute atomic E-state index is 12.5. The molecule has 2 rings (SSSR count). The summed E-state index contributed by atoms with van der Waals surface area (Å²) in [4.78, 5) is 26.6. The lowest BCUT2D eigenvalue weighted by Crippen LogP contribution is -2.49. The summed E-state index contributed by atoms with van der Waals surface area (Å²) in [6, 6.07) is 7.79. The van der Waals surface area contributed by atoms with Crippen LogP contribution in [0.5, 0.6) is 0 Å².